The van der Waals surface area contributed by atoms with E-state index in [1.165, 1.54) is 12.1 Å². The van der Waals surface area contributed by atoms with Crippen molar-refractivity contribution >= 4 is 27.3 Å². The Morgan fingerprint density at radius 2 is 1.73 bits per heavy atom. The lowest BCUT2D eigenvalue weighted by molar-refractivity contribution is 0.372. The number of rotatable bonds is 3. The maximum absolute atomic E-state index is 13.2. The first-order chi connectivity index (χ1) is 12.1. The molecule has 7 heteroatoms. The Kier molecular flexibility index (Phi) is 5.10. The third kappa shape index (κ3) is 3.76. The minimum atomic E-state index is -3.79. The minimum Gasteiger partial charge on any atom is -0.423 e. The largest absolute Gasteiger partial charge is 0.423 e. The zero-order valence-electron chi connectivity index (χ0n) is 15.6. The van der Waals surface area contributed by atoms with Crippen LogP contribution in [0.1, 0.15) is 46.4 Å². The maximum Gasteiger partial charge on any atom is 0.236 e. The molecule has 1 aromatic heterocycles. The van der Waals surface area contributed by atoms with E-state index in [9.17, 15) is 8.42 Å². The molecule has 1 fully saturated rings. The zero-order valence-corrected chi connectivity index (χ0v) is 17.2. The van der Waals surface area contributed by atoms with Gasteiger partial charge in [-0.25, -0.2) is 8.42 Å². The second-order valence-electron chi connectivity index (χ2n) is 8.01. The van der Waals surface area contributed by atoms with Gasteiger partial charge in [0.1, 0.15) is 0 Å². The standard InChI is InChI=1S/C19H25ClN2O3S/c1-13-9-11-22(12-10-13)17-16(21-18(25-17)19(2,3)4)26(23,24)15-7-5-14(20)6-8-15/h5-8,13H,9-12H2,1-4H3. The summed E-state index contributed by atoms with van der Waals surface area (Å²) < 4.78 is 32.4. The summed E-state index contributed by atoms with van der Waals surface area (Å²) in [6.45, 7) is 9.62. The molecule has 0 spiro atoms. The van der Waals surface area contributed by atoms with Crippen LogP contribution in [0.15, 0.2) is 38.6 Å². The number of sulfone groups is 1. The monoisotopic (exact) mass is 396 g/mol. The molecule has 2 heterocycles. The molecular weight excluding hydrogens is 372 g/mol. The third-order valence-electron chi connectivity index (χ3n) is 4.67. The van der Waals surface area contributed by atoms with Crippen LogP contribution in [0.4, 0.5) is 5.88 Å². The first-order valence-corrected chi connectivity index (χ1v) is 10.7. The van der Waals surface area contributed by atoms with Gasteiger partial charge in [0.05, 0.1) is 4.90 Å². The van der Waals surface area contributed by atoms with Crippen molar-refractivity contribution in [1.82, 2.24) is 4.98 Å². The summed E-state index contributed by atoms with van der Waals surface area (Å²) >= 11 is 5.90. The molecule has 0 unspecified atom stereocenters. The topological polar surface area (TPSA) is 63.4 Å². The van der Waals surface area contributed by atoms with Gasteiger partial charge >= 0.3 is 0 Å². The van der Waals surface area contributed by atoms with Crippen molar-refractivity contribution in [3.05, 3.63) is 35.2 Å². The van der Waals surface area contributed by atoms with Crippen LogP contribution in [-0.2, 0) is 15.3 Å². The molecule has 2 aromatic rings. The number of hydrogen-bond donors (Lipinski definition) is 0. The average Bonchev–Trinajstić information content (AvgIpc) is 3.02. The normalized spacial score (nSPS) is 16.9. The van der Waals surface area contributed by atoms with Gasteiger partial charge in [0.25, 0.3) is 0 Å². The van der Waals surface area contributed by atoms with E-state index in [1.54, 1.807) is 12.1 Å². The SMILES string of the molecule is CC1CCN(c2oc(C(C)(C)C)nc2S(=O)(=O)c2ccc(Cl)cc2)CC1. The van der Waals surface area contributed by atoms with Gasteiger partial charge in [-0.15, -0.1) is 0 Å². The summed E-state index contributed by atoms with van der Waals surface area (Å²) in [5.74, 6) is 1.42. The molecule has 0 aliphatic carbocycles. The van der Waals surface area contributed by atoms with E-state index < -0.39 is 9.84 Å². The van der Waals surface area contributed by atoms with E-state index in [0.717, 1.165) is 25.9 Å². The minimum absolute atomic E-state index is 0.000648. The highest BCUT2D eigenvalue weighted by atomic mass is 35.5. The number of benzene rings is 1. The average molecular weight is 397 g/mol. The molecule has 26 heavy (non-hydrogen) atoms. The molecule has 142 valence electrons. The first-order valence-electron chi connectivity index (χ1n) is 8.86. The lowest BCUT2D eigenvalue weighted by Crippen LogP contribution is -2.33. The van der Waals surface area contributed by atoms with Crippen LogP contribution in [0.2, 0.25) is 5.02 Å². The fraction of sp³-hybridized carbons (Fsp3) is 0.526. The Labute approximate surface area is 160 Å². The smallest absolute Gasteiger partial charge is 0.236 e. The molecule has 0 N–H and O–H groups in total. The Morgan fingerprint density at radius 1 is 1.15 bits per heavy atom. The number of aromatic nitrogens is 1. The quantitative estimate of drug-likeness (QED) is 0.752. The summed E-state index contributed by atoms with van der Waals surface area (Å²) in [6, 6.07) is 6.15. The van der Waals surface area contributed by atoms with E-state index in [4.69, 9.17) is 16.0 Å². The number of anilines is 1. The van der Waals surface area contributed by atoms with Crippen LogP contribution >= 0.6 is 11.6 Å². The summed E-state index contributed by atoms with van der Waals surface area (Å²) in [4.78, 5) is 6.59. The van der Waals surface area contributed by atoms with E-state index in [0.29, 0.717) is 22.7 Å². The lowest BCUT2D eigenvalue weighted by atomic mass is 9.97. The molecule has 5 nitrogen and oxygen atoms in total. The highest BCUT2D eigenvalue weighted by Crippen LogP contribution is 2.36. The van der Waals surface area contributed by atoms with Gasteiger partial charge in [-0.05, 0) is 43.0 Å². The van der Waals surface area contributed by atoms with Crippen molar-refractivity contribution in [2.45, 2.75) is 55.9 Å². The Morgan fingerprint density at radius 3 is 2.27 bits per heavy atom. The molecule has 1 aliphatic heterocycles. The van der Waals surface area contributed by atoms with Crippen molar-refractivity contribution in [2.24, 2.45) is 5.92 Å². The Hall–Kier alpha value is -1.53. The van der Waals surface area contributed by atoms with Crippen molar-refractivity contribution in [3.8, 4) is 0 Å². The van der Waals surface area contributed by atoms with Gasteiger partial charge in [0.2, 0.25) is 26.6 Å². The van der Waals surface area contributed by atoms with Crippen LogP contribution in [0.5, 0.6) is 0 Å². The summed E-state index contributed by atoms with van der Waals surface area (Å²) in [7, 11) is -3.79. The van der Waals surface area contributed by atoms with E-state index in [-0.39, 0.29) is 15.3 Å². The van der Waals surface area contributed by atoms with Gasteiger partial charge in [-0.1, -0.05) is 39.3 Å². The molecule has 1 aliphatic rings. The Balaban J connectivity index is 2.10. The van der Waals surface area contributed by atoms with Gasteiger partial charge in [0, 0.05) is 23.5 Å². The summed E-state index contributed by atoms with van der Waals surface area (Å²) in [5.41, 5.74) is -0.383. The predicted molar refractivity (Wildman–Crippen MR) is 103 cm³/mol. The molecule has 3 rings (SSSR count). The molecule has 0 bridgehead atoms. The second kappa shape index (κ2) is 6.89. The summed E-state index contributed by atoms with van der Waals surface area (Å²) in [5, 5.41) is 0.490. The van der Waals surface area contributed by atoms with Gasteiger partial charge in [-0.3, -0.25) is 0 Å². The number of piperidine rings is 1. The van der Waals surface area contributed by atoms with Crippen molar-refractivity contribution in [1.29, 1.82) is 0 Å². The number of hydrogen-bond acceptors (Lipinski definition) is 5. The molecule has 0 radical (unpaired) electrons. The van der Waals surface area contributed by atoms with Crippen molar-refractivity contribution in [2.75, 3.05) is 18.0 Å². The van der Waals surface area contributed by atoms with Crippen LogP contribution in [0.3, 0.4) is 0 Å². The molecule has 1 saturated heterocycles. The number of nitrogens with zero attached hydrogens (tertiary/aromatic N) is 2. The first kappa shape index (κ1) is 19.2. The number of halogens is 1. The van der Waals surface area contributed by atoms with Crippen LogP contribution in [-0.4, -0.2) is 26.5 Å². The molecule has 0 amide bonds. The molecule has 0 saturated carbocycles. The fourth-order valence-corrected chi connectivity index (χ4v) is 4.38. The fourth-order valence-electron chi connectivity index (χ4n) is 2.93. The third-order valence-corrected chi connectivity index (χ3v) is 6.59. The summed E-state index contributed by atoms with van der Waals surface area (Å²) in [6.07, 6.45) is 2.01. The molecular formula is C19H25ClN2O3S. The molecule has 1 aromatic carbocycles. The van der Waals surface area contributed by atoms with Gasteiger partial charge in [0.15, 0.2) is 0 Å². The van der Waals surface area contributed by atoms with Crippen molar-refractivity contribution < 1.29 is 12.8 Å². The Bertz CT molecular complexity index is 874. The van der Waals surface area contributed by atoms with Crippen LogP contribution in [0.25, 0.3) is 0 Å². The van der Waals surface area contributed by atoms with Crippen molar-refractivity contribution in [3.63, 3.8) is 0 Å². The van der Waals surface area contributed by atoms with Crippen LogP contribution in [0, 0.1) is 5.92 Å². The van der Waals surface area contributed by atoms with Crippen LogP contribution < -0.4 is 4.90 Å². The van der Waals surface area contributed by atoms with Gasteiger partial charge in [-0.2, -0.15) is 4.98 Å². The predicted octanol–water partition coefficient (Wildman–Crippen LogP) is 4.69. The van der Waals surface area contributed by atoms with Gasteiger partial charge < -0.3 is 9.32 Å². The highest BCUT2D eigenvalue weighted by Gasteiger charge is 2.34. The number of oxazole rings is 1. The van der Waals surface area contributed by atoms with E-state index in [2.05, 4.69) is 11.9 Å². The molecule has 0 atom stereocenters. The zero-order chi connectivity index (χ0) is 19.1. The lowest BCUT2D eigenvalue weighted by Gasteiger charge is -2.30. The highest BCUT2D eigenvalue weighted by molar-refractivity contribution is 7.91. The van der Waals surface area contributed by atoms with E-state index >= 15 is 0 Å². The second-order valence-corrected chi connectivity index (χ2v) is 10.3. The van der Waals surface area contributed by atoms with E-state index in [1.807, 2.05) is 25.7 Å². The maximum atomic E-state index is 13.2.